The van der Waals surface area contributed by atoms with E-state index in [-0.39, 0.29) is 35.8 Å². The number of aromatic hydroxyl groups is 2. The van der Waals surface area contributed by atoms with Crippen molar-refractivity contribution in [2.45, 2.75) is 6.54 Å². The topological polar surface area (TPSA) is 111 Å². The number of carbonyl (C=O) groups excluding carboxylic acids is 1. The summed E-state index contributed by atoms with van der Waals surface area (Å²) in [5.74, 6) is -0.0528. The molecule has 0 spiro atoms. The number of hydrogen-bond donors (Lipinski definition) is 3. The van der Waals surface area contributed by atoms with E-state index in [1.807, 2.05) is 0 Å². The quantitative estimate of drug-likeness (QED) is 0.320. The number of aliphatic hydroxyl groups is 1. The Morgan fingerprint density at radius 3 is 2.59 bits per heavy atom. The zero-order valence-electron chi connectivity index (χ0n) is 15.8. The van der Waals surface area contributed by atoms with Gasteiger partial charge in [-0.25, -0.2) is 4.79 Å². The van der Waals surface area contributed by atoms with Gasteiger partial charge < -0.3 is 19.7 Å². The van der Waals surface area contributed by atoms with Crippen LogP contribution in [0.1, 0.15) is 16.7 Å². The van der Waals surface area contributed by atoms with Gasteiger partial charge in [0.15, 0.2) is 6.29 Å². The second-order valence-electron chi connectivity index (χ2n) is 6.66. The molecule has 29 heavy (non-hydrogen) atoms. The first kappa shape index (κ1) is 20.3. The van der Waals surface area contributed by atoms with Crippen LogP contribution in [-0.2, 0) is 11.3 Å². The maximum atomic E-state index is 12.2. The highest BCUT2D eigenvalue weighted by atomic mass is 16.4. The van der Waals surface area contributed by atoms with Crippen LogP contribution in [0.2, 0.25) is 0 Å². The Kier molecular flexibility index (Phi) is 6.11. The first-order valence-electron chi connectivity index (χ1n) is 8.98. The number of benzene rings is 2. The Morgan fingerprint density at radius 1 is 1.14 bits per heavy atom. The average Bonchev–Trinajstić information content (AvgIpc) is 2.69. The maximum absolute atomic E-state index is 12.2. The third-order valence-electron chi connectivity index (χ3n) is 4.59. The molecular formula is C22H21NO6. The standard InChI is InChI=1S/C22H21NO6/c1-23(8-9-24)12-18-20(27)7-6-16-17(11-21(28)29-22(16)18)15(13-25)10-14-4-2-3-5-19(14)26/h2-7,10-11,13,24,26-27H,8-9,12H2,1H3/b15-10+. The predicted octanol–water partition coefficient (Wildman–Crippen LogP) is 2.37. The number of phenolic OH excluding ortho intramolecular Hbond substituents is 2. The summed E-state index contributed by atoms with van der Waals surface area (Å²) in [5, 5.41) is 29.9. The van der Waals surface area contributed by atoms with Gasteiger partial charge in [0.05, 0.1) is 12.2 Å². The van der Waals surface area contributed by atoms with Crippen molar-refractivity contribution in [3.63, 3.8) is 0 Å². The molecule has 1 heterocycles. The molecule has 0 aliphatic carbocycles. The van der Waals surface area contributed by atoms with Crippen LogP contribution in [0.3, 0.4) is 0 Å². The zero-order valence-corrected chi connectivity index (χ0v) is 15.8. The molecule has 3 rings (SSSR count). The normalized spacial score (nSPS) is 11.9. The van der Waals surface area contributed by atoms with Crippen LogP contribution in [0.5, 0.6) is 11.5 Å². The van der Waals surface area contributed by atoms with E-state index in [2.05, 4.69) is 0 Å². The van der Waals surface area contributed by atoms with E-state index in [0.29, 0.717) is 34.9 Å². The lowest BCUT2D eigenvalue weighted by Crippen LogP contribution is -2.21. The molecule has 3 aromatic rings. The number of hydrogen-bond acceptors (Lipinski definition) is 7. The van der Waals surface area contributed by atoms with E-state index in [9.17, 15) is 19.8 Å². The van der Waals surface area contributed by atoms with Crippen LogP contribution >= 0.6 is 0 Å². The molecule has 0 unspecified atom stereocenters. The van der Waals surface area contributed by atoms with Crippen molar-refractivity contribution in [1.29, 1.82) is 0 Å². The Bertz CT molecular complexity index is 1130. The Balaban J connectivity index is 2.22. The first-order valence-corrected chi connectivity index (χ1v) is 8.98. The molecule has 0 saturated carbocycles. The highest BCUT2D eigenvalue weighted by Gasteiger charge is 2.17. The molecule has 0 aliphatic rings. The van der Waals surface area contributed by atoms with E-state index in [4.69, 9.17) is 9.52 Å². The number of fused-ring (bicyclic) bond motifs is 1. The third kappa shape index (κ3) is 4.37. The van der Waals surface area contributed by atoms with Crippen molar-refractivity contribution in [2.75, 3.05) is 20.2 Å². The van der Waals surface area contributed by atoms with E-state index in [1.54, 1.807) is 36.2 Å². The largest absolute Gasteiger partial charge is 0.507 e. The number of rotatable bonds is 7. The Morgan fingerprint density at radius 2 is 1.90 bits per heavy atom. The van der Waals surface area contributed by atoms with Gasteiger partial charge in [-0.1, -0.05) is 18.2 Å². The minimum Gasteiger partial charge on any atom is -0.507 e. The molecule has 0 saturated heterocycles. The zero-order chi connectivity index (χ0) is 21.0. The Labute approximate surface area is 166 Å². The van der Waals surface area contributed by atoms with E-state index in [0.717, 1.165) is 0 Å². The molecule has 7 nitrogen and oxygen atoms in total. The highest BCUT2D eigenvalue weighted by Crippen LogP contribution is 2.32. The van der Waals surface area contributed by atoms with Crippen LogP contribution < -0.4 is 5.63 Å². The summed E-state index contributed by atoms with van der Waals surface area (Å²) in [5.41, 5.74) is 0.824. The van der Waals surface area contributed by atoms with Gasteiger partial charge >= 0.3 is 5.63 Å². The lowest BCUT2D eigenvalue weighted by Gasteiger charge is -2.17. The minimum atomic E-state index is -0.672. The molecular weight excluding hydrogens is 374 g/mol. The predicted molar refractivity (Wildman–Crippen MR) is 110 cm³/mol. The van der Waals surface area contributed by atoms with Gasteiger partial charge in [0.1, 0.15) is 17.1 Å². The van der Waals surface area contributed by atoms with Crippen molar-refractivity contribution in [3.05, 3.63) is 69.6 Å². The molecule has 3 N–H and O–H groups in total. The monoisotopic (exact) mass is 395 g/mol. The van der Waals surface area contributed by atoms with Crippen LogP contribution in [0, 0.1) is 0 Å². The van der Waals surface area contributed by atoms with Crippen molar-refractivity contribution in [3.8, 4) is 11.5 Å². The fourth-order valence-electron chi connectivity index (χ4n) is 3.14. The van der Waals surface area contributed by atoms with Gasteiger partial charge in [-0.05, 0) is 31.3 Å². The van der Waals surface area contributed by atoms with Crippen molar-refractivity contribution in [1.82, 2.24) is 4.90 Å². The van der Waals surface area contributed by atoms with Crippen LogP contribution in [0.25, 0.3) is 22.6 Å². The second kappa shape index (κ2) is 8.72. The number of para-hydroxylation sites is 1. The molecule has 0 atom stereocenters. The van der Waals surface area contributed by atoms with Crippen LogP contribution in [-0.4, -0.2) is 46.7 Å². The van der Waals surface area contributed by atoms with Crippen LogP contribution in [0.4, 0.5) is 0 Å². The summed E-state index contributed by atoms with van der Waals surface area (Å²) in [6.45, 7) is 0.540. The fraction of sp³-hybridized carbons (Fsp3) is 0.182. The lowest BCUT2D eigenvalue weighted by molar-refractivity contribution is -0.103. The minimum absolute atomic E-state index is 0.00285. The maximum Gasteiger partial charge on any atom is 0.336 e. The molecule has 0 fully saturated rings. The number of carbonyl (C=O) groups is 1. The number of nitrogens with zero attached hydrogens (tertiary/aromatic N) is 1. The van der Waals surface area contributed by atoms with Crippen molar-refractivity contribution >= 4 is 28.9 Å². The SMILES string of the molecule is CN(CCO)Cc1c(O)ccc2c(/C(C=O)=C/c3ccccc3O)cc(=O)oc12. The summed E-state index contributed by atoms with van der Waals surface area (Å²) in [7, 11) is 1.76. The molecule has 0 aliphatic heterocycles. The van der Waals surface area contributed by atoms with Crippen LogP contribution in [0.15, 0.2) is 51.7 Å². The number of likely N-dealkylation sites (N-methyl/N-ethyl adjacent to an activating group) is 1. The molecule has 150 valence electrons. The third-order valence-corrected chi connectivity index (χ3v) is 4.59. The number of phenols is 2. The number of aldehydes is 1. The number of allylic oxidation sites excluding steroid dienone is 1. The molecule has 2 aromatic carbocycles. The Hall–Kier alpha value is -3.42. The first-order chi connectivity index (χ1) is 13.9. The van der Waals surface area contributed by atoms with Crippen molar-refractivity contribution < 1.29 is 24.5 Å². The number of aliphatic hydroxyl groups excluding tert-OH is 1. The summed E-state index contributed by atoms with van der Waals surface area (Å²) in [6.07, 6.45) is 2.09. The molecule has 7 heteroatoms. The molecule has 0 radical (unpaired) electrons. The van der Waals surface area contributed by atoms with Gasteiger partial charge in [-0.2, -0.15) is 0 Å². The summed E-state index contributed by atoms with van der Waals surface area (Å²) in [4.78, 5) is 25.8. The highest BCUT2D eigenvalue weighted by molar-refractivity contribution is 6.17. The summed E-state index contributed by atoms with van der Waals surface area (Å²) in [6, 6.07) is 10.8. The molecule has 0 amide bonds. The summed E-state index contributed by atoms with van der Waals surface area (Å²) < 4.78 is 5.36. The van der Waals surface area contributed by atoms with Crippen molar-refractivity contribution in [2.24, 2.45) is 0 Å². The lowest BCUT2D eigenvalue weighted by atomic mass is 9.98. The molecule has 0 bridgehead atoms. The van der Waals surface area contributed by atoms with E-state index in [1.165, 1.54) is 24.3 Å². The van der Waals surface area contributed by atoms with Gasteiger partial charge in [0.2, 0.25) is 0 Å². The van der Waals surface area contributed by atoms with E-state index < -0.39 is 5.63 Å². The van der Waals surface area contributed by atoms with Gasteiger partial charge in [0, 0.05) is 41.2 Å². The van der Waals surface area contributed by atoms with Gasteiger partial charge in [0.25, 0.3) is 0 Å². The smallest absolute Gasteiger partial charge is 0.336 e. The average molecular weight is 395 g/mol. The second-order valence-corrected chi connectivity index (χ2v) is 6.66. The van der Waals surface area contributed by atoms with Gasteiger partial charge in [-0.3, -0.25) is 9.69 Å². The van der Waals surface area contributed by atoms with E-state index >= 15 is 0 Å². The summed E-state index contributed by atoms with van der Waals surface area (Å²) >= 11 is 0. The fourth-order valence-corrected chi connectivity index (χ4v) is 3.14. The van der Waals surface area contributed by atoms with Gasteiger partial charge in [-0.15, -0.1) is 0 Å². The molecule has 1 aromatic heterocycles.